The second kappa shape index (κ2) is 9.50. The molecule has 0 radical (unpaired) electrons. The summed E-state index contributed by atoms with van der Waals surface area (Å²) in [6, 6.07) is 22.5. The second-order valence-corrected chi connectivity index (χ2v) is 11.9. The van der Waals surface area contributed by atoms with Crippen molar-refractivity contribution in [1.82, 2.24) is 19.5 Å². The highest BCUT2D eigenvalue weighted by Crippen LogP contribution is 2.34. The third-order valence-corrected chi connectivity index (χ3v) is 9.32. The van der Waals surface area contributed by atoms with Gasteiger partial charge in [0, 0.05) is 21.0 Å². The molecule has 5 aromatic rings. The van der Waals surface area contributed by atoms with Crippen molar-refractivity contribution in [3.05, 3.63) is 105 Å². The van der Waals surface area contributed by atoms with Crippen LogP contribution in [0.25, 0.3) is 15.8 Å². The van der Waals surface area contributed by atoms with E-state index in [1.807, 2.05) is 59.2 Å². The van der Waals surface area contributed by atoms with Gasteiger partial charge in [-0.1, -0.05) is 67.1 Å². The lowest BCUT2D eigenvalue weighted by molar-refractivity contribution is 0.578. The largest absolute Gasteiger partial charge is 0.276 e. The van der Waals surface area contributed by atoms with Crippen LogP contribution in [-0.2, 0) is 29.5 Å². The highest BCUT2D eigenvalue weighted by Gasteiger charge is 2.27. The Balaban J connectivity index is 1.36. The lowest BCUT2D eigenvalue weighted by Gasteiger charge is -2.11. The van der Waals surface area contributed by atoms with Crippen LogP contribution in [0.15, 0.2) is 82.7 Å². The van der Waals surface area contributed by atoms with Crippen LogP contribution in [0.4, 0.5) is 0 Å². The average Bonchev–Trinajstić information content (AvgIpc) is 3.48. The Morgan fingerprint density at radius 2 is 1.76 bits per heavy atom. The SMILES string of the molecule is CCc1cc2c(s1)-n1c(nnc1CNS(=O)(=O)c1ccc3ccccc3c1)CN=C2c1ccccc1Cl. The van der Waals surface area contributed by atoms with Crippen LogP contribution in [0.1, 0.15) is 34.6 Å². The molecule has 0 unspecified atom stereocenters. The monoisotopic (exact) mass is 547 g/mol. The van der Waals surface area contributed by atoms with Crippen molar-refractivity contribution in [2.75, 3.05) is 0 Å². The molecular weight excluding hydrogens is 526 g/mol. The summed E-state index contributed by atoms with van der Waals surface area (Å²) in [6.07, 6.45) is 0.856. The molecular formula is C27H22ClN5O2S2. The zero-order valence-electron chi connectivity index (χ0n) is 19.8. The maximum atomic E-state index is 13.2. The van der Waals surface area contributed by atoms with E-state index in [-0.39, 0.29) is 11.4 Å². The molecule has 6 rings (SSSR count). The molecule has 10 heteroatoms. The van der Waals surface area contributed by atoms with Gasteiger partial charge >= 0.3 is 0 Å². The van der Waals surface area contributed by atoms with Crippen molar-refractivity contribution in [3.8, 4) is 5.00 Å². The second-order valence-electron chi connectivity index (χ2n) is 8.63. The first-order valence-corrected chi connectivity index (χ1v) is 14.5. The number of thiophene rings is 1. The van der Waals surface area contributed by atoms with Crippen molar-refractivity contribution < 1.29 is 8.42 Å². The van der Waals surface area contributed by atoms with Gasteiger partial charge in [-0.05, 0) is 41.5 Å². The van der Waals surface area contributed by atoms with E-state index in [0.29, 0.717) is 23.2 Å². The quantitative estimate of drug-likeness (QED) is 0.303. The first-order chi connectivity index (χ1) is 17.9. The van der Waals surface area contributed by atoms with Gasteiger partial charge in [-0.15, -0.1) is 21.5 Å². The van der Waals surface area contributed by atoms with Crippen molar-refractivity contribution >= 4 is 49.4 Å². The minimum atomic E-state index is -3.77. The maximum absolute atomic E-state index is 13.2. The van der Waals surface area contributed by atoms with E-state index in [1.54, 1.807) is 23.5 Å². The van der Waals surface area contributed by atoms with Gasteiger partial charge in [0.15, 0.2) is 11.6 Å². The molecule has 1 aliphatic rings. The van der Waals surface area contributed by atoms with Crippen LogP contribution in [0, 0.1) is 0 Å². The number of fused-ring (bicyclic) bond motifs is 4. The normalized spacial score (nSPS) is 13.2. The van der Waals surface area contributed by atoms with Crippen molar-refractivity contribution in [3.63, 3.8) is 0 Å². The smallest absolute Gasteiger partial charge is 0.240 e. The van der Waals surface area contributed by atoms with E-state index in [1.165, 1.54) is 4.88 Å². The summed E-state index contributed by atoms with van der Waals surface area (Å²) in [5.41, 5.74) is 2.58. The Morgan fingerprint density at radius 3 is 2.57 bits per heavy atom. The number of sulfonamides is 1. The highest BCUT2D eigenvalue weighted by molar-refractivity contribution is 7.89. The maximum Gasteiger partial charge on any atom is 0.240 e. The molecule has 0 atom stereocenters. The summed E-state index contributed by atoms with van der Waals surface area (Å²) in [5, 5.41) is 12.1. The zero-order chi connectivity index (χ0) is 25.6. The fourth-order valence-electron chi connectivity index (χ4n) is 4.44. The van der Waals surface area contributed by atoms with Crippen LogP contribution >= 0.6 is 22.9 Å². The molecule has 2 aromatic heterocycles. The van der Waals surface area contributed by atoms with E-state index >= 15 is 0 Å². The minimum absolute atomic E-state index is 0.0115. The Morgan fingerprint density at radius 1 is 0.973 bits per heavy atom. The number of nitrogens with one attached hydrogen (secondary N) is 1. The predicted molar refractivity (Wildman–Crippen MR) is 147 cm³/mol. The molecule has 0 fully saturated rings. The fraction of sp³-hybridized carbons (Fsp3) is 0.148. The molecule has 186 valence electrons. The first-order valence-electron chi connectivity index (χ1n) is 11.8. The van der Waals surface area contributed by atoms with Gasteiger partial charge in [-0.3, -0.25) is 9.56 Å². The van der Waals surface area contributed by atoms with E-state index in [0.717, 1.165) is 39.0 Å². The number of nitrogens with zero attached hydrogens (tertiary/aromatic N) is 4. The van der Waals surface area contributed by atoms with E-state index in [4.69, 9.17) is 16.6 Å². The van der Waals surface area contributed by atoms with E-state index in [2.05, 4.69) is 27.9 Å². The number of hydrogen-bond acceptors (Lipinski definition) is 6. The van der Waals surface area contributed by atoms with E-state index in [9.17, 15) is 8.42 Å². The van der Waals surface area contributed by atoms with Crippen LogP contribution < -0.4 is 4.72 Å². The van der Waals surface area contributed by atoms with Crippen molar-refractivity contribution in [2.24, 2.45) is 4.99 Å². The predicted octanol–water partition coefficient (Wildman–Crippen LogP) is 5.53. The number of aromatic nitrogens is 3. The summed E-state index contributed by atoms with van der Waals surface area (Å²) in [7, 11) is -3.77. The Bertz CT molecular complexity index is 1790. The summed E-state index contributed by atoms with van der Waals surface area (Å²) in [6.45, 7) is 2.39. The number of halogens is 1. The summed E-state index contributed by atoms with van der Waals surface area (Å²) >= 11 is 8.17. The van der Waals surface area contributed by atoms with Gasteiger partial charge in [0.2, 0.25) is 10.0 Å². The third kappa shape index (κ3) is 4.38. The molecule has 7 nitrogen and oxygen atoms in total. The fourth-order valence-corrected chi connectivity index (χ4v) is 6.82. The number of hydrogen-bond donors (Lipinski definition) is 1. The summed E-state index contributed by atoms with van der Waals surface area (Å²) in [4.78, 5) is 6.24. The molecule has 0 amide bonds. The van der Waals surface area contributed by atoms with Crippen molar-refractivity contribution in [1.29, 1.82) is 0 Å². The Hall–Kier alpha value is -3.37. The number of benzene rings is 3. The molecule has 37 heavy (non-hydrogen) atoms. The minimum Gasteiger partial charge on any atom is -0.276 e. The molecule has 1 aliphatic heterocycles. The van der Waals surface area contributed by atoms with Gasteiger partial charge in [-0.2, -0.15) is 0 Å². The van der Waals surface area contributed by atoms with Crippen LogP contribution in [0.2, 0.25) is 5.02 Å². The van der Waals surface area contributed by atoms with Crippen LogP contribution in [-0.4, -0.2) is 28.9 Å². The van der Waals surface area contributed by atoms with Gasteiger partial charge in [0.25, 0.3) is 0 Å². The highest BCUT2D eigenvalue weighted by atomic mass is 35.5. The van der Waals surface area contributed by atoms with Crippen LogP contribution in [0.5, 0.6) is 0 Å². The zero-order valence-corrected chi connectivity index (χ0v) is 22.2. The molecule has 3 heterocycles. The lowest BCUT2D eigenvalue weighted by Crippen LogP contribution is -2.25. The lowest BCUT2D eigenvalue weighted by atomic mass is 10.0. The topological polar surface area (TPSA) is 89.2 Å². The third-order valence-electron chi connectivity index (χ3n) is 6.33. The number of aryl methyl sites for hydroxylation is 1. The molecule has 0 saturated heterocycles. The first kappa shape index (κ1) is 24.0. The van der Waals surface area contributed by atoms with E-state index < -0.39 is 10.0 Å². The number of aliphatic imine (C=N–C) groups is 1. The van der Waals surface area contributed by atoms with Crippen molar-refractivity contribution in [2.45, 2.75) is 31.3 Å². The molecule has 0 bridgehead atoms. The van der Waals surface area contributed by atoms with Gasteiger partial charge in [0.05, 0.1) is 17.2 Å². The molecule has 0 saturated carbocycles. The molecule has 0 aliphatic carbocycles. The van der Waals surface area contributed by atoms with Gasteiger partial charge < -0.3 is 0 Å². The standard InChI is InChI=1S/C27H22ClN5O2S2/c1-2-19-14-22-26(21-9-5-6-10-23(21)28)29-15-24-31-32-25(33(24)27(22)36-19)16-30-37(34,35)20-12-11-17-7-3-4-8-18(17)13-20/h3-14,30H,2,15-16H2,1H3. The van der Waals surface area contributed by atoms with Crippen LogP contribution in [0.3, 0.4) is 0 Å². The van der Waals surface area contributed by atoms with Gasteiger partial charge in [0.1, 0.15) is 11.5 Å². The molecule has 3 aromatic carbocycles. The Labute approximate surface area is 223 Å². The molecule has 0 spiro atoms. The molecule has 1 N–H and O–H groups in total. The van der Waals surface area contributed by atoms with Gasteiger partial charge in [-0.25, -0.2) is 13.1 Å². The number of rotatable bonds is 6. The average molecular weight is 548 g/mol. The summed E-state index contributed by atoms with van der Waals surface area (Å²) in [5.74, 6) is 1.15. The summed E-state index contributed by atoms with van der Waals surface area (Å²) < 4.78 is 31.0. The Kier molecular flexibility index (Phi) is 6.16.